The molecule has 0 radical (unpaired) electrons. The van der Waals surface area contributed by atoms with Crippen molar-refractivity contribution in [3.63, 3.8) is 0 Å². The van der Waals surface area contributed by atoms with E-state index in [-0.39, 0.29) is 5.41 Å². The highest BCUT2D eigenvalue weighted by Crippen LogP contribution is 2.45. The maximum absolute atomic E-state index is 9.54. The maximum atomic E-state index is 9.54. The van der Waals surface area contributed by atoms with Crippen LogP contribution in [0, 0.1) is 0 Å². The molecule has 2 aromatic rings. The molecule has 104 valence electrons. The Kier molecular flexibility index (Phi) is 3.84. The summed E-state index contributed by atoms with van der Waals surface area (Å²) < 4.78 is 1.12. The van der Waals surface area contributed by atoms with Gasteiger partial charge < -0.3 is 5.11 Å². The van der Waals surface area contributed by atoms with Crippen LogP contribution in [0.25, 0.3) is 0 Å². The van der Waals surface area contributed by atoms with Crippen molar-refractivity contribution in [3.8, 4) is 5.75 Å². The number of hydrogen-bond donors (Lipinski definition) is 1. The Balaban J connectivity index is 2.08. The lowest BCUT2D eigenvalue weighted by Crippen LogP contribution is -2.30. The van der Waals surface area contributed by atoms with Gasteiger partial charge in [-0.25, -0.2) is 0 Å². The molecule has 0 bridgehead atoms. The SMILES string of the molecule is Oc1ccc(C2(c3ccc(Br)cc3)CCCCC2)cc1. The molecule has 1 fully saturated rings. The first-order chi connectivity index (χ1) is 9.71. The summed E-state index contributed by atoms with van der Waals surface area (Å²) in [6.07, 6.45) is 6.27. The Bertz CT molecular complexity index is 518. The van der Waals surface area contributed by atoms with E-state index in [1.807, 2.05) is 12.1 Å². The Hall–Kier alpha value is -1.28. The Labute approximate surface area is 128 Å². The zero-order valence-electron chi connectivity index (χ0n) is 11.5. The Morgan fingerprint density at radius 1 is 0.750 bits per heavy atom. The standard InChI is InChI=1S/C18H19BrO/c19-16-8-4-14(5-9-16)18(12-2-1-3-13-18)15-6-10-17(20)11-7-15/h4-11,20H,1-3,12-13H2. The van der Waals surface area contributed by atoms with E-state index >= 15 is 0 Å². The van der Waals surface area contributed by atoms with Gasteiger partial charge in [0, 0.05) is 9.89 Å². The molecule has 0 amide bonds. The van der Waals surface area contributed by atoms with E-state index in [1.165, 1.54) is 43.2 Å². The van der Waals surface area contributed by atoms with Crippen LogP contribution in [0.4, 0.5) is 0 Å². The van der Waals surface area contributed by atoms with E-state index < -0.39 is 0 Å². The lowest BCUT2D eigenvalue weighted by atomic mass is 9.65. The summed E-state index contributed by atoms with van der Waals surface area (Å²) in [7, 11) is 0. The first kappa shape index (κ1) is 13.7. The lowest BCUT2D eigenvalue weighted by Gasteiger charge is -2.38. The second-order valence-corrected chi connectivity index (χ2v) is 6.61. The fourth-order valence-corrected chi connectivity index (χ4v) is 3.71. The zero-order chi connectivity index (χ0) is 14.0. The summed E-state index contributed by atoms with van der Waals surface area (Å²) in [5.41, 5.74) is 2.84. The molecule has 1 saturated carbocycles. The molecule has 0 aromatic heterocycles. The van der Waals surface area contributed by atoms with Crippen LogP contribution in [0.5, 0.6) is 5.75 Å². The summed E-state index contributed by atoms with van der Waals surface area (Å²) >= 11 is 3.52. The van der Waals surface area contributed by atoms with Gasteiger partial charge in [-0.05, 0) is 48.2 Å². The van der Waals surface area contributed by atoms with Gasteiger partial charge >= 0.3 is 0 Å². The molecule has 0 heterocycles. The quantitative estimate of drug-likeness (QED) is 0.781. The fourth-order valence-electron chi connectivity index (χ4n) is 3.45. The van der Waals surface area contributed by atoms with Gasteiger partial charge in [0.2, 0.25) is 0 Å². The molecule has 0 aliphatic heterocycles. The predicted molar refractivity (Wildman–Crippen MR) is 86.1 cm³/mol. The van der Waals surface area contributed by atoms with Crippen LogP contribution in [-0.2, 0) is 5.41 Å². The third-order valence-electron chi connectivity index (χ3n) is 4.52. The van der Waals surface area contributed by atoms with E-state index in [0.717, 1.165) is 4.47 Å². The van der Waals surface area contributed by atoms with Gasteiger partial charge in [-0.15, -0.1) is 0 Å². The van der Waals surface area contributed by atoms with Crippen molar-refractivity contribution in [2.45, 2.75) is 37.5 Å². The van der Waals surface area contributed by atoms with Crippen molar-refractivity contribution >= 4 is 15.9 Å². The van der Waals surface area contributed by atoms with Gasteiger partial charge in [-0.2, -0.15) is 0 Å². The molecule has 0 atom stereocenters. The summed E-state index contributed by atoms with van der Waals surface area (Å²) in [5.74, 6) is 0.343. The number of hydrogen-bond acceptors (Lipinski definition) is 1. The highest BCUT2D eigenvalue weighted by atomic mass is 79.9. The molecular formula is C18H19BrO. The van der Waals surface area contributed by atoms with Crippen molar-refractivity contribution in [1.29, 1.82) is 0 Å². The van der Waals surface area contributed by atoms with Crippen molar-refractivity contribution in [3.05, 3.63) is 64.1 Å². The average Bonchev–Trinajstić information content (AvgIpc) is 2.49. The summed E-state index contributed by atoms with van der Waals surface area (Å²) in [4.78, 5) is 0. The molecule has 3 rings (SSSR count). The normalized spacial score (nSPS) is 17.9. The molecule has 1 aliphatic rings. The molecule has 0 saturated heterocycles. The number of rotatable bonds is 2. The van der Waals surface area contributed by atoms with Crippen LogP contribution in [0.1, 0.15) is 43.2 Å². The zero-order valence-corrected chi connectivity index (χ0v) is 13.1. The smallest absolute Gasteiger partial charge is 0.115 e. The molecule has 1 N–H and O–H groups in total. The molecular weight excluding hydrogens is 312 g/mol. The number of phenols is 1. The Morgan fingerprint density at radius 3 is 1.80 bits per heavy atom. The van der Waals surface area contributed by atoms with Crippen LogP contribution in [0.15, 0.2) is 53.0 Å². The van der Waals surface area contributed by atoms with Crippen molar-refractivity contribution < 1.29 is 5.11 Å². The minimum Gasteiger partial charge on any atom is -0.508 e. The molecule has 2 aromatic carbocycles. The topological polar surface area (TPSA) is 20.2 Å². The molecule has 0 spiro atoms. The second-order valence-electron chi connectivity index (χ2n) is 5.70. The third-order valence-corrected chi connectivity index (χ3v) is 5.05. The molecule has 1 nitrogen and oxygen atoms in total. The summed E-state index contributed by atoms with van der Waals surface area (Å²) in [6.45, 7) is 0. The first-order valence-electron chi connectivity index (χ1n) is 7.26. The van der Waals surface area contributed by atoms with E-state index in [2.05, 4.69) is 52.3 Å². The summed E-state index contributed by atoms with van der Waals surface area (Å²) in [6, 6.07) is 16.5. The van der Waals surface area contributed by atoms with Crippen LogP contribution >= 0.6 is 15.9 Å². The minimum atomic E-state index is 0.118. The van der Waals surface area contributed by atoms with Crippen LogP contribution in [-0.4, -0.2) is 5.11 Å². The number of benzene rings is 2. The second kappa shape index (κ2) is 5.61. The number of phenolic OH excluding ortho intramolecular Hbond substituents is 1. The lowest BCUT2D eigenvalue weighted by molar-refractivity contribution is 0.345. The fraction of sp³-hybridized carbons (Fsp3) is 0.333. The van der Waals surface area contributed by atoms with Crippen molar-refractivity contribution in [2.24, 2.45) is 0 Å². The minimum absolute atomic E-state index is 0.118. The Morgan fingerprint density at radius 2 is 1.25 bits per heavy atom. The van der Waals surface area contributed by atoms with Crippen LogP contribution in [0.3, 0.4) is 0 Å². The highest BCUT2D eigenvalue weighted by Gasteiger charge is 2.35. The molecule has 2 heteroatoms. The summed E-state index contributed by atoms with van der Waals surface area (Å²) in [5, 5.41) is 9.54. The monoisotopic (exact) mass is 330 g/mol. The number of aromatic hydroxyl groups is 1. The number of halogens is 1. The van der Waals surface area contributed by atoms with Gasteiger partial charge in [0.25, 0.3) is 0 Å². The largest absolute Gasteiger partial charge is 0.508 e. The van der Waals surface area contributed by atoms with Gasteiger partial charge in [-0.3, -0.25) is 0 Å². The van der Waals surface area contributed by atoms with Crippen molar-refractivity contribution in [1.82, 2.24) is 0 Å². The molecule has 1 aliphatic carbocycles. The van der Waals surface area contributed by atoms with Crippen LogP contribution < -0.4 is 0 Å². The van der Waals surface area contributed by atoms with Gasteiger partial charge in [-0.1, -0.05) is 59.5 Å². The van der Waals surface area contributed by atoms with Gasteiger partial charge in [0.05, 0.1) is 0 Å². The van der Waals surface area contributed by atoms with Crippen molar-refractivity contribution in [2.75, 3.05) is 0 Å². The highest BCUT2D eigenvalue weighted by molar-refractivity contribution is 9.10. The first-order valence-corrected chi connectivity index (χ1v) is 8.06. The predicted octanol–water partition coefficient (Wildman–Crippen LogP) is 5.40. The maximum Gasteiger partial charge on any atom is 0.115 e. The third kappa shape index (κ3) is 2.49. The average molecular weight is 331 g/mol. The molecule has 0 unspecified atom stereocenters. The van der Waals surface area contributed by atoms with Gasteiger partial charge in [0.15, 0.2) is 0 Å². The van der Waals surface area contributed by atoms with E-state index in [4.69, 9.17) is 0 Å². The van der Waals surface area contributed by atoms with Gasteiger partial charge in [0.1, 0.15) is 5.75 Å². The van der Waals surface area contributed by atoms with E-state index in [1.54, 1.807) is 0 Å². The van der Waals surface area contributed by atoms with E-state index in [9.17, 15) is 5.11 Å². The van der Waals surface area contributed by atoms with E-state index in [0.29, 0.717) is 5.75 Å². The van der Waals surface area contributed by atoms with Crippen LogP contribution in [0.2, 0.25) is 0 Å². The molecule has 20 heavy (non-hydrogen) atoms.